The Morgan fingerprint density at radius 3 is 2.17 bits per heavy atom. The van der Waals surface area contributed by atoms with E-state index in [0.717, 1.165) is 34.3 Å². The highest BCUT2D eigenvalue weighted by Crippen LogP contribution is 2.54. The molecular formula is C41H58O11. The lowest BCUT2D eigenvalue weighted by atomic mass is 9.56. The molecular weight excluding hydrogens is 668 g/mol. The van der Waals surface area contributed by atoms with E-state index in [4.69, 9.17) is 42.6 Å². The molecule has 2 aliphatic carbocycles. The Morgan fingerprint density at radius 1 is 0.827 bits per heavy atom. The SMILES string of the molecule is COCOC[C@]1(OCOC)CC[C@H](OCc2ccccc2)[C@@](C)(C[C@H](OCOC)C2=C(C)CCC(=O)[C@]2(C)COCc2ccc(OC)cc2)[C@@H]1C=O. The maximum absolute atomic E-state index is 14.0. The first kappa shape index (κ1) is 41.8. The zero-order valence-electron chi connectivity index (χ0n) is 32.0. The predicted octanol–water partition coefficient (Wildman–Crippen LogP) is 6.46. The van der Waals surface area contributed by atoms with Crippen molar-refractivity contribution in [2.75, 3.05) is 62.0 Å². The van der Waals surface area contributed by atoms with E-state index >= 15 is 0 Å². The minimum Gasteiger partial charge on any atom is -0.497 e. The van der Waals surface area contributed by atoms with E-state index in [0.29, 0.717) is 45.3 Å². The van der Waals surface area contributed by atoms with Crippen LogP contribution in [0.2, 0.25) is 0 Å². The summed E-state index contributed by atoms with van der Waals surface area (Å²) in [6.07, 6.45) is 2.35. The normalized spacial score (nSPS) is 27.1. The predicted molar refractivity (Wildman–Crippen MR) is 194 cm³/mol. The molecule has 2 aliphatic rings. The summed E-state index contributed by atoms with van der Waals surface area (Å²) in [6, 6.07) is 17.6. The van der Waals surface area contributed by atoms with Gasteiger partial charge in [-0.25, -0.2) is 0 Å². The molecule has 0 heterocycles. The van der Waals surface area contributed by atoms with Crippen LogP contribution in [0.1, 0.15) is 64.0 Å². The Morgan fingerprint density at radius 2 is 1.52 bits per heavy atom. The Bertz CT molecular complexity index is 1430. The fourth-order valence-corrected chi connectivity index (χ4v) is 8.09. The molecule has 0 bridgehead atoms. The molecule has 4 rings (SSSR count). The van der Waals surface area contributed by atoms with Gasteiger partial charge in [0, 0.05) is 33.2 Å². The van der Waals surface area contributed by atoms with Gasteiger partial charge in [0.05, 0.1) is 57.1 Å². The first-order valence-corrected chi connectivity index (χ1v) is 18.0. The van der Waals surface area contributed by atoms with Crippen LogP contribution in [0.3, 0.4) is 0 Å². The van der Waals surface area contributed by atoms with Crippen molar-refractivity contribution < 1.29 is 52.2 Å². The van der Waals surface area contributed by atoms with E-state index in [1.165, 1.54) is 0 Å². The number of allylic oxidation sites excluding steroid dienone is 1. The van der Waals surface area contributed by atoms with Gasteiger partial charge in [-0.05, 0) is 68.4 Å². The van der Waals surface area contributed by atoms with Gasteiger partial charge in [0.15, 0.2) is 0 Å². The van der Waals surface area contributed by atoms with Crippen LogP contribution in [-0.2, 0) is 60.7 Å². The number of carbonyl (C=O) groups is 2. The highest BCUT2D eigenvalue weighted by atomic mass is 16.7. The Hall–Kier alpha value is -3.00. The summed E-state index contributed by atoms with van der Waals surface area (Å²) in [5, 5.41) is 0. The van der Waals surface area contributed by atoms with Gasteiger partial charge >= 0.3 is 0 Å². The third-order valence-corrected chi connectivity index (χ3v) is 10.8. The maximum atomic E-state index is 14.0. The topological polar surface area (TPSA) is 117 Å². The summed E-state index contributed by atoms with van der Waals surface area (Å²) in [7, 11) is 6.30. The first-order valence-electron chi connectivity index (χ1n) is 18.0. The van der Waals surface area contributed by atoms with Gasteiger partial charge in [-0.2, -0.15) is 0 Å². The van der Waals surface area contributed by atoms with Crippen molar-refractivity contribution in [3.05, 3.63) is 76.9 Å². The second-order valence-electron chi connectivity index (χ2n) is 14.4. The average molecular weight is 727 g/mol. The number of aldehydes is 1. The fraction of sp³-hybridized carbons (Fsp3) is 0.610. The molecule has 1 fully saturated rings. The number of benzene rings is 2. The van der Waals surface area contributed by atoms with Crippen molar-refractivity contribution in [1.29, 1.82) is 0 Å². The molecule has 0 saturated heterocycles. The average Bonchev–Trinajstić information content (AvgIpc) is 3.15. The number of rotatable bonds is 22. The number of hydrogen-bond acceptors (Lipinski definition) is 11. The van der Waals surface area contributed by atoms with E-state index in [9.17, 15) is 9.59 Å². The van der Waals surface area contributed by atoms with Gasteiger partial charge in [-0.1, -0.05) is 55.0 Å². The highest BCUT2D eigenvalue weighted by Gasteiger charge is 2.59. The number of methoxy groups -OCH3 is 4. The molecule has 2 aromatic carbocycles. The molecule has 0 amide bonds. The maximum Gasteiger partial charge on any atom is 0.147 e. The third-order valence-electron chi connectivity index (χ3n) is 10.8. The van der Waals surface area contributed by atoms with Crippen LogP contribution in [0.25, 0.3) is 0 Å². The molecule has 2 aromatic rings. The van der Waals surface area contributed by atoms with Crippen molar-refractivity contribution in [3.8, 4) is 5.75 Å². The molecule has 1 saturated carbocycles. The molecule has 6 atom stereocenters. The second-order valence-corrected chi connectivity index (χ2v) is 14.4. The van der Waals surface area contributed by atoms with Gasteiger partial charge in [0.25, 0.3) is 0 Å². The van der Waals surface area contributed by atoms with Crippen LogP contribution in [0.5, 0.6) is 5.75 Å². The van der Waals surface area contributed by atoms with Gasteiger partial charge in [-0.3, -0.25) is 4.79 Å². The molecule has 0 unspecified atom stereocenters. The molecule has 0 spiro atoms. The van der Waals surface area contributed by atoms with Crippen LogP contribution in [-0.4, -0.2) is 91.9 Å². The molecule has 11 heteroatoms. The van der Waals surface area contributed by atoms with Crippen LogP contribution in [0.15, 0.2) is 65.7 Å². The summed E-state index contributed by atoms with van der Waals surface area (Å²) in [5.74, 6) is 0.125. The van der Waals surface area contributed by atoms with E-state index < -0.39 is 28.5 Å². The second kappa shape index (κ2) is 19.9. The molecule has 0 N–H and O–H groups in total. The van der Waals surface area contributed by atoms with Crippen LogP contribution >= 0.6 is 0 Å². The lowest BCUT2D eigenvalue weighted by Gasteiger charge is -2.55. The van der Waals surface area contributed by atoms with Crippen molar-refractivity contribution in [2.45, 2.75) is 83.9 Å². The molecule has 11 nitrogen and oxygen atoms in total. The first-order chi connectivity index (χ1) is 25.1. The van der Waals surface area contributed by atoms with Crippen molar-refractivity contribution in [3.63, 3.8) is 0 Å². The van der Waals surface area contributed by atoms with Crippen molar-refractivity contribution in [1.82, 2.24) is 0 Å². The Balaban J connectivity index is 1.74. The van der Waals surface area contributed by atoms with Crippen molar-refractivity contribution in [2.24, 2.45) is 16.7 Å². The smallest absolute Gasteiger partial charge is 0.147 e. The zero-order chi connectivity index (χ0) is 37.6. The zero-order valence-corrected chi connectivity index (χ0v) is 32.0. The van der Waals surface area contributed by atoms with Gasteiger partial charge < -0.3 is 47.4 Å². The number of Topliss-reactive ketones (excluding diaryl/α,β-unsaturated/α-hetero) is 1. The summed E-state index contributed by atoms with van der Waals surface area (Å²) >= 11 is 0. The van der Waals surface area contributed by atoms with E-state index in [2.05, 4.69) is 13.8 Å². The highest BCUT2D eigenvalue weighted by molar-refractivity contribution is 5.89. The molecule has 0 radical (unpaired) electrons. The molecule has 52 heavy (non-hydrogen) atoms. The lowest BCUT2D eigenvalue weighted by Crippen LogP contribution is -2.62. The molecule has 0 aromatic heterocycles. The quantitative estimate of drug-likeness (QED) is 0.0576. The minimum absolute atomic E-state index is 0.0158. The molecule has 0 aliphatic heterocycles. The summed E-state index contributed by atoms with van der Waals surface area (Å²) < 4.78 is 53.3. The van der Waals surface area contributed by atoms with Gasteiger partial charge in [0.1, 0.15) is 43.8 Å². The third kappa shape index (κ3) is 9.95. The lowest BCUT2D eigenvalue weighted by molar-refractivity contribution is -0.248. The number of carbonyl (C=O) groups excluding carboxylic acids is 2. The number of ether oxygens (including phenoxy) is 9. The van der Waals surface area contributed by atoms with E-state index in [-0.39, 0.29) is 45.5 Å². The number of ketones is 1. The monoisotopic (exact) mass is 726 g/mol. The Labute approximate surface area is 309 Å². The van der Waals surface area contributed by atoms with Crippen LogP contribution in [0.4, 0.5) is 0 Å². The van der Waals surface area contributed by atoms with Crippen LogP contribution in [0, 0.1) is 16.7 Å². The van der Waals surface area contributed by atoms with Crippen LogP contribution < -0.4 is 4.74 Å². The largest absolute Gasteiger partial charge is 0.497 e. The van der Waals surface area contributed by atoms with E-state index in [1.807, 2.05) is 61.5 Å². The number of hydrogen-bond donors (Lipinski definition) is 0. The van der Waals surface area contributed by atoms with Crippen molar-refractivity contribution >= 4 is 12.1 Å². The summed E-state index contributed by atoms with van der Waals surface area (Å²) in [4.78, 5) is 27.5. The summed E-state index contributed by atoms with van der Waals surface area (Å²) in [5.41, 5.74) is 1.01. The van der Waals surface area contributed by atoms with Gasteiger partial charge in [0.2, 0.25) is 0 Å². The Kier molecular flexibility index (Phi) is 16.0. The van der Waals surface area contributed by atoms with E-state index in [1.54, 1.807) is 28.4 Å². The molecule has 288 valence electrons. The standard InChI is InChI=1S/C41H58O11/c1-30-13-18-36(43)40(3,25-48-23-32-14-16-33(47-7)17-15-32)38(30)34(51-28-45-5)21-39(2)35(22-42)41(52-29-46-6,26-49-27-44-4)20-19-37(39)50-24-31-11-9-8-10-12-31/h8-12,14-17,22,34-35,37H,13,18-21,23-29H2,1-7H3/t34-,35-,37-,39-,40-,41+/m0/s1. The summed E-state index contributed by atoms with van der Waals surface area (Å²) in [6.45, 7) is 7.00. The van der Waals surface area contributed by atoms with Gasteiger partial charge in [-0.15, -0.1) is 0 Å². The fourth-order valence-electron chi connectivity index (χ4n) is 8.09. The minimum atomic E-state index is -1.04.